The Morgan fingerprint density at radius 2 is 2.06 bits per heavy atom. The zero-order chi connectivity index (χ0) is 12.3. The van der Waals surface area contributed by atoms with Gasteiger partial charge >= 0.3 is 0 Å². The predicted octanol–water partition coefficient (Wildman–Crippen LogP) is 3.99. The minimum Gasteiger partial charge on any atom is -0.439 e. The second kappa shape index (κ2) is 5.19. The number of hydrogen-bond donors (Lipinski definition) is 1. The van der Waals surface area contributed by atoms with Crippen molar-refractivity contribution in [2.45, 2.75) is 6.92 Å². The van der Waals surface area contributed by atoms with E-state index in [1.165, 1.54) is 0 Å². The van der Waals surface area contributed by atoms with E-state index in [0.717, 1.165) is 21.6 Å². The molecule has 0 radical (unpaired) electrons. The number of nitrogens with one attached hydrogen (secondary N) is 1. The zero-order valence-electron chi connectivity index (χ0n) is 9.70. The molecule has 1 aromatic carbocycles. The van der Waals surface area contributed by atoms with Crippen LogP contribution in [0.15, 0.2) is 40.9 Å². The van der Waals surface area contributed by atoms with Crippen LogP contribution in [0.5, 0.6) is 11.6 Å². The van der Waals surface area contributed by atoms with Gasteiger partial charge in [0.15, 0.2) is 0 Å². The summed E-state index contributed by atoms with van der Waals surface area (Å²) in [5.74, 6) is 2.17. The van der Waals surface area contributed by atoms with Gasteiger partial charge in [0, 0.05) is 17.6 Å². The largest absolute Gasteiger partial charge is 0.439 e. The maximum Gasteiger partial charge on any atom is 0.221 e. The van der Waals surface area contributed by atoms with Gasteiger partial charge in [-0.15, -0.1) is 0 Å². The minimum absolute atomic E-state index is 0.582. The van der Waals surface area contributed by atoms with Crippen molar-refractivity contribution in [2.75, 3.05) is 12.4 Å². The lowest BCUT2D eigenvalue weighted by Crippen LogP contribution is -1.95. The molecule has 0 saturated heterocycles. The van der Waals surface area contributed by atoms with Gasteiger partial charge in [-0.05, 0) is 30.7 Å². The Bertz CT molecular complexity index is 529. The average molecular weight is 293 g/mol. The van der Waals surface area contributed by atoms with Crippen LogP contribution in [0.1, 0.15) is 5.56 Å². The van der Waals surface area contributed by atoms with Crippen molar-refractivity contribution in [1.82, 2.24) is 4.98 Å². The van der Waals surface area contributed by atoms with Crippen LogP contribution >= 0.6 is 15.9 Å². The molecule has 0 atom stereocenters. The van der Waals surface area contributed by atoms with Crippen molar-refractivity contribution in [3.05, 3.63) is 46.4 Å². The molecule has 0 unspecified atom stereocenters. The Morgan fingerprint density at radius 3 is 2.82 bits per heavy atom. The summed E-state index contributed by atoms with van der Waals surface area (Å²) in [6.45, 7) is 2.00. The topological polar surface area (TPSA) is 34.1 Å². The molecule has 2 rings (SSSR count). The monoisotopic (exact) mass is 292 g/mol. The van der Waals surface area contributed by atoms with E-state index < -0.39 is 0 Å². The first kappa shape index (κ1) is 11.9. The third-order valence-electron chi connectivity index (χ3n) is 2.34. The molecule has 0 bridgehead atoms. The molecule has 0 aliphatic heterocycles. The number of nitrogens with zero attached hydrogens (tertiary/aromatic N) is 1. The molecule has 0 aliphatic carbocycles. The van der Waals surface area contributed by atoms with E-state index in [0.29, 0.717) is 5.88 Å². The third kappa shape index (κ3) is 2.97. The fourth-order valence-corrected chi connectivity index (χ4v) is 1.75. The molecule has 1 aromatic heterocycles. The molecule has 4 heteroatoms. The lowest BCUT2D eigenvalue weighted by molar-refractivity contribution is 0.460. The molecule has 0 amide bonds. The van der Waals surface area contributed by atoms with E-state index in [4.69, 9.17) is 4.74 Å². The molecule has 0 saturated carbocycles. The van der Waals surface area contributed by atoms with Gasteiger partial charge in [0.1, 0.15) is 11.6 Å². The summed E-state index contributed by atoms with van der Waals surface area (Å²) in [5.41, 5.74) is 1.07. The minimum atomic E-state index is 0.582. The average Bonchev–Trinajstić information content (AvgIpc) is 2.34. The Hall–Kier alpha value is -1.55. The Labute approximate surface area is 109 Å². The summed E-state index contributed by atoms with van der Waals surface area (Å²) in [6.07, 6.45) is 0. The van der Waals surface area contributed by atoms with Crippen molar-refractivity contribution in [3.8, 4) is 11.6 Å². The summed E-state index contributed by atoms with van der Waals surface area (Å²) < 4.78 is 6.74. The van der Waals surface area contributed by atoms with Crippen LogP contribution < -0.4 is 10.1 Å². The van der Waals surface area contributed by atoms with Crippen molar-refractivity contribution < 1.29 is 4.74 Å². The number of aryl methyl sites for hydroxylation is 1. The normalized spacial score (nSPS) is 10.1. The van der Waals surface area contributed by atoms with E-state index in [-0.39, 0.29) is 0 Å². The van der Waals surface area contributed by atoms with Crippen LogP contribution in [0.3, 0.4) is 0 Å². The molecule has 1 heterocycles. The van der Waals surface area contributed by atoms with Crippen LogP contribution in [0.25, 0.3) is 0 Å². The molecule has 88 valence electrons. The maximum atomic E-state index is 5.75. The first-order valence-corrected chi connectivity index (χ1v) is 6.07. The second-order valence-electron chi connectivity index (χ2n) is 3.62. The first-order valence-electron chi connectivity index (χ1n) is 5.28. The van der Waals surface area contributed by atoms with Gasteiger partial charge in [0.2, 0.25) is 5.88 Å². The van der Waals surface area contributed by atoms with E-state index in [1.54, 1.807) is 0 Å². The van der Waals surface area contributed by atoms with Gasteiger partial charge in [-0.2, -0.15) is 4.98 Å². The number of pyridine rings is 1. The molecular weight excluding hydrogens is 280 g/mol. The highest BCUT2D eigenvalue weighted by molar-refractivity contribution is 9.10. The molecule has 0 aliphatic rings. The fourth-order valence-electron chi connectivity index (χ4n) is 1.41. The number of aromatic nitrogens is 1. The van der Waals surface area contributed by atoms with Gasteiger partial charge in [-0.25, -0.2) is 0 Å². The van der Waals surface area contributed by atoms with Crippen LogP contribution in [-0.4, -0.2) is 12.0 Å². The third-order valence-corrected chi connectivity index (χ3v) is 2.84. The van der Waals surface area contributed by atoms with Crippen molar-refractivity contribution in [1.29, 1.82) is 0 Å². The number of halogens is 1. The van der Waals surface area contributed by atoms with Gasteiger partial charge in [0.05, 0.1) is 0 Å². The standard InChI is InChI=1S/C13H13BrN2O/c1-9-6-7-10(14)8-11(9)17-13-5-3-4-12(15-2)16-13/h3-8H,1-2H3,(H,15,16). The van der Waals surface area contributed by atoms with Gasteiger partial charge in [-0.1, -0.05) is 28.1 Å². The molecule has 17 heavy (non-hydrogen) atoms. The predicted molar refractivity (Wildman–Crippen MR) is 72.7 cm³/mol. The van der Waals surface area contributed by atoms with Crippen molar-refractivity contribution in [2.24, 2.45) is 0 Å². The number of hydrogen-bond acceptors (Lipinski definition) is 3. The highest BCUT2D eigenvalue weighted by Crippen LogP contribution is 2.27. The lowest BCUT2D eigenvalue weighted by Gasteiger charge is -2.09. The Kier molecular flexibility index (Phi) is 3.64. The Balaban J connectivity index is 2.27. The van der Waals surface area contributed by atoms with Gasteiger partial charge < -0.3 is 10.1 Å². The van der Waals surface area contributed by atoms with E-state index >= 15 is 0 Å². The zero-order valence-corrected chi connectivity index (χ0v) is 11.3. The van der Waals surface area contributed by atoms with E-state index in [9.17, 15) is 0 Å². The highest BCUT2D eigenvalue weighted by Gasteiger charge is 2.03. The number of ether oxygens (including phenoxy) is 1. The fraction of sp³-hybridized carbons (Fsp3) is 0.154. The van der Waals surface area contributed by atoms with E-state index in [1.807, 2.05) is 50.4 Å². The van der Waals surface area contributed by atoms with E-state index in [2.05, 4.69) is 26.2 Å². The summed E-state index contributed by atoms with van der Waals surface area (Å²) >= 11 is 3.43. The first-order chi connectivity index (χ1) is 8.19. The lowest BCUT2D eigenvalue weighted by atomic mass is 10.2. The quantitative estimate of drug-likeness (QED) is 0.929. The summed E-state index contributed by atoms with van der Waals surface area (Å²) in [7, 11) is 1.83. The Morgan fingerprint density at radius 1 is 1.24 bits per heavy atom. The molecular formula is C13H13BrN2O. The van der Waals surface area contributed by atoms with Crippen LogP contribution in [0, 0.1) is 6.92 Å². The smallest absolute Gasteiger partial charge is 0.221 e. The summed E-state index contributed by atoms with van der Waals surface area (Å²) in [4.78, 5) is 4.31. The summed E-state index contributed by atoms with van der Waals surface area (Å²) in [5, 5.41) is 2.98. The SMILES string of the molecule is CNc1cccc(Oc2cc(Br)ccc2C)n1. The summed E-state index contributed by atoms with van der Waals surface area (Å²) in [6, 6.07) is 11.5. The number of anilines is 1. The highest BCUT2D eigenvalue weighted by atomic mass is 79.9. The molecule has 0 spiro atoms. The molecule has 1 N–H and O–H groups in total. The number of benzene rings is 1. The second-order valence-corrected chi connectivity index (χ2v) is 4.54. The van der Waals surface area contributed by atoms with Gasteiger partial charge in [-0.3, -0.25) is 0 Å². The van der Waals surface area contributed by atoms with Crippen LogP contribution in [0.4, 0.5) is 5.82 Å². The van der Waals surface area contributed by atoms with Crippen molar-refractivity contribution >= 4 is 21.7 Å². The maximum absolute atomic E-state index is 5.75. The van der Waals surface area contributed by atoms with Crippen molar-refractivity contribution in [3.63, 3.8) is 0 Å². The number of rotatable bonds is 3. The van der Waals surface area contributed by atoms with Gasteiger partial charge in [0.25, 0.3) is 0 Å². The molecule has 0 fully saturated rings. The van der Waals surface area contributed by atoms with Crippen LogP contribution in [-0.2, 0) is 0 Å². The molecule has 2 aromatic rings. The molecule has 3 nitrogen and oxygen atoms in total. The van der Waals surface area contributed by atoms with Crippen LogP contribution in [0.2, 0.25) is 0 Å².